The topological polar surface area (TPSA) is 41.9 Å². The molecule has 0 aliphatic rings. The van der Waals surface area contributed by atoms with Crippen LogP contribution in [0, 0.1) is 17.6 Å². The van der Waals surface area contributed by atoms with Crippen LogP contribution in [0.1, 0.15) is 0 Å². The van der Waals surface area contributed by atoms with E-state index in [9.17, 15) is 13.2 Å². The van der Waals surface area contributed by atoms with Gasteiger partial charge in [-0.2, -0.15) is 4.39 Å². The lowest BCUT2D eigenvalue weighted by Gasteiger charge is -2.03. The SMILES string of the molecule is CN(C)c1nnc(Sc2nc(F)c(F)cc2F)s1. The highest BCUT2D eigenvalue weighted by molar-refractivity contribution is 8.01. The molecule has 0 amide bonds. The second-order valence-electron chi connectivity index (χ2n) is 3.40. The van der Waals surface area contributed by atoms with E-state index in [1.807, 2.05) is 0 Å². The van der Waals surface area contributed by atoms with Gasteiger partial charge in [0, 0.05) is 20.2 Å². The van der Waals surface area contributed by atoms with Crippen molar-refractivity contribution in [3.05, 3.63) is 23.6 Å². The van der Waals surface area contributed by atoms with Crippen LogP contribution in [-0.2, 0) is 0 Å². The maximum Gasteiger partial charge on any atom is 0.250 e. The second kappa shape index (κ2) is 5.11. The molecule has 0 atom stereocenters. The predicted octanol–water partition coefficient (Wildman–Crippen LogP) is 2.57. The van der Waals surface area contributed by atoms with E-state index in [0.29, 0.717) is 15.5 Å². The summed E-state index contributed by atoms with van der Waals surface area (Å²) in [5, 5.41) is 7.99. The smallest absolute Gasteiger partial charge is 0.250 e. The van der Waals surface area contributed by atoms with Crippen molar-refractivity contribution < 1.29 is 13.2 Å². The Morgan fingerprint density at radius 1 is 1.17 bits per heavy atom. The lowest BCUT2D eigenvalue weighted by molar-refractivity contribution is 0.448. The number of aromatic nitrogens is 3. The summed E-state index contributed by atoms with van der Waals surface area (Å²) in [5.41, 5.74) is 0. The van der Waals surface area contributed by atoms with Crippen molar-refractivity contribution in [1.82, 2.24) is 15.2 Å². The van der Waals surface area contributed by atoms with Gasteiger partial charge in [0.2, 0.25) is 11.1 Å². The standard InChI is InChI=1S/C9H7F3N4S2/c1-16(2)8-14-15-9(18-8)17-7-5(11)3-4(10)6(12)13-7/h3H,1-2H3. The Morgan fingerprint density at radius 2 is 1.89 bits per heavy atom. The van der Waals surface area contributed by atoms with Crippen molar-refractivity contribution in [3.8, 4) is 0 Å². The lowest BCUT2D eigenvalue weighted by atomic mass is 10.4. The molecule has 0 bridgehead atoms. The van der Waals surface area contributed by atoms with E-state index in [2.05, 4.69) is 15.2 Å². The molecular weight excluding hydrogens is 285 g/mol. The van der Waals surface area contributed by atoms with Crippen molar-refractivity contribution in [2.45, 2.75) is 9.37 Å². The van der Waals surface area contributed by atoms with E-state index in [0.717, 1.165) is 11.8 Å². The lowest BCUT2D eigenvalue weighted by Crippen LogP contribution is -2.07. The molecule has 0 radical (unpaired) electrons. The summed E-state index contributed by atoms with van der Waals surface area (Å²) in [6, 6.07) is 0.457. The summed E-state index contributed by atoms with van der Waals surface area (Å²) in [7, 11) is 3.57. The Bertz CT molecular complexity index is 573. The molecule has 2 aromatic heterocycles. The minimum Gasteiger partial charge on any atom is -0.353 e. The van der Waals surface area contributed by atoms with Crippen molar-refractivity contribution in [2.24, 2.45) is 0 Å². The van der Waals surface area contributed by atoms with Crippen LogP contribution in [0.4, 0.5) is 18.3 Å². The van der Waals surface area contributed by atoms with Crippen molar-refractivity contribution in [2.75, 3.05) is 19.0 Å². The van der Waals surface area contributed by atoms with Crippen LogP contribution in [0.25, 0.3) is 0 Å². The van der Waals surface area contributed by atoms with Gasteiger partial charge in [-0.1, -0.05) is 11.3 Å². The zero-order valence-electron chi connectivity index (χ0n) is 9.32. The highest BCUT2D eigenvalue weighted by Crippen LogP contribution is 2.33. The van der Waals surface area contributed by atoms with Gasteiger partial charge in [-0.15, -0.1) is 10.2 Å². The first-order chi connectivity index (χ1) is 8.47. The number of hydrogen-bond donors (Lipinski definition) is 0. The summed E-state index contributed by atoms with van der Waals surface area (Å²) in [5.74, 6) is -3.58. The van der Waals surface area contributed by atoms with Gasteiger partial charge in [-0.3, -0.25) is 0 Å². The van der Waals surface area contributed by atoms with Crippen molar-refractivity contribution in [1.29, 1.82) is 0 Å². The van der Waals surface area contributed by atoms with Crippen LogP contribution < -0.4 is 4.90 Å². The molecule has 0 fully saturated rings. The Kier molecular flexibility index (Phi) is 3.71. The molecule has 0 unspecified atom stereocenters. The fraction of sp³-hybridized carbons (Fsp3) is 0.222. The third kappa shape index (κ3) is 2.72. The Hall–Kier alpha value is -1.35. The van der Waals surface area contributed by atoms with Gasteiger partial charge < -0.3 is 4.90 Å². The second-order valence-corrected chi connectivity index (χ2v) is 5.59. The molecule has 2 rings (SSSR count). The van der Waals surface area contributed by atoms with Crippen molar-refractivity contribution in [3.63, 3.8) is 0 Å². The number of rotatable bonds is 3. The first-order valence-electron chi connectivity index (χ1n) is 4.67. The number of halogens is 3. The highest BCUT2D eigenvalue weighted by Gasteiger charge is 2.15. The Morgan fingerprint density at radius 3 is 2.50 bits per heavy atom. The third-order valence-corrected chi connectivity index (χ3v) is 3.94. The van der Waals surface area contributed by atoms with Crippen molar-refractivity contribution >= 4 is 28.2 Å². The average molecular weight is 292 g/mol. The highest BCUT2D eigenvalue weighted by atomic mass is 32.2. The average Bonchev–Trinajstić information content (AvgIpc) is 2.74. The largest absolute Gasteiger partial charge is 0.353 e. The molecule has 0 saturated carbocycles. The van der Waals surface area contributed by atoms with Crippen LogP contribution in [0.3, 0.4) is 0 Å². The molecule has 2 heterocycles. The minimum atomic E-state index is -1.34. The van der Waals surface area contributed by atoms with E-state index in [4.69, 9.17) is 0 Å². The van der Waals surface area contributed by atoms with Crippen LogP contribution in [0.5, 0.6) is 0 Å². The molecule has 0 saturated heterocycles. The zero-order chi connectivity index (χ0) is 13.3. The van der Waals surface area contributed by atoms with Crippen LogP contribution in [0.15, 0.2) is 15.4 Å². The van der Waals surface area contributed by atoms with E-state index in [-0.39, 0.29) is 5.03 Å². The molecule has 96 valence electrons. The quantitative estimate of drug-likeness (QED) is 0.813. The van der Waals surface area contributed by atoms with Gasteiger partial charge >= 0.3 is 0 Å². The first-order valence-corrected chi connectivity index (χ1v) is 6.31. The summed E-state index contributed by atoms with van der Waals surface area (Å²) in [6.07, 6.45) is 0. The molecule has 0 aliphatic heterocycles. The number of pyridine rings is 1. The predicted molar refractivity (Wildman–Crippen MR) is 62.5 cm³/mol. The fourth-order valence-corrected chi connectivity index (χ4v) is 2.67. The Balaban J connectivity index is 2.25. The molecule has 18 heavy (non-hydrogen) atoms. The number of nitrogens with zero attached hydrogens (tertiary/aromatic N) is 4. The maximum absolute atomic E-state index is 13.3. The van der Waals surface area contributed by atoms with Crippen LogP contribution in [-0.4, -0.2) is 29.3 Å². The normalized spacial score (nSPS) is 10.7. The van der Waals surface area contributed by atoms with Gasteiger partial charge in [0.05, 0.1) is 0 Å². The summed E-state index contributed by atoms with van der Waals surface area (Å²) in [6.45, 7) is 0. The van der Waals surface area contributed by atoms with Gasteiger partial charge in [-0.05, 0) is 11.8 Å². The monoisotopic (exact) mass is 292 g/mol. The van der Waals surface area contributed by atoms with Gasteiger partial charge in [0.15, 0.2) is 16.0 Å². The summed E-state index contributed by atoms with van der Waals surface area (Å²) in [4.78, 5) is 4.93. The molecule has 2 aromatic rings. The van der Waals surface area contributed by atoms with E-state index in [1.165, 1.54) is 11.3 Å². The first kappa shape index (κ1) is 13.1. The molecule has 0 N–H and O–H groups in total. The zero-order valence-corrected chi connectivity index (χ0v) is 10.9. The van der Waals surface area contributed by atoms with Crippen LogP contribution >= 0.6 is 23.1 Å². The third-order valence-electron chi connectivity index (χ3n) is 1.82. The number of hydrogen-bond acceptors (Lipinski definition) is 6. The molecule has 0 aromatic carbocycles. The minimum absolute atomic E-state index is 0.268. The molecule has 0 aliphatic carbocycles. The fourth-order valence-electron chi connectivity index (χ4n) is 1.01. The molecule has 9 heteroatoms. The molecule has 0 spiro atoms. The summed E-state index contributed by atoms with van der Waals surface area (Å²) >= 11 is 2.00. The van der Waals surface area contributed by atoms with E-state index < -0.39 is 17.6 Å². The van der Waals surface area contributed by atoms with E-state index in [1.54, 1.807) is 19.0 Å². The Labute approximate surface area is 109 Å². The maximum atomic E-state index is 13.3. The number of anilines is 1. The van der Waals surface area contributed by atoms with Crippen LogP contribution in [0.2, 0.25) is 0 Å². The van der Waals surface area contributed by atoms with Gasteiger partial charge in [0.25, 0.3) is 0 Å². The molecule has 4 nitrogen and oxygen atoms in total. The van der Waals surface area contributed by atoms with E-state index >= 15 is 0 Å². The van der Waals surface area contributed by atoms with Gasteiger partial charge in [0.1, 0.15) is 5.03 Å². The molecular formula is C9H7F3N4S2. The summed E-state index contributed by atoms with van der Waals surface area (Å²) < 4.78 is 39.3. The van der Waals surface area contributed by atoms with Gasteiger partial charge in [-0.25, -0.2) is 13.8 Å².